The van der Waals surface area contributed by atoms with Gasteiger partial charge in [-0.15, -0.1) is 13.2 Å². The fourth-order valence-corrected chi connectivity index (χ4v) is 1.72. The van der Waals surface area contributed by atoms with Gasteiger partial charge in [0.2, 0.25) is 0 Å². The standard InChI is InChI=1S/C16H12F4N2O3/c17-12-3-1-2-11(8-12)9-21-24-10-15(23)22-13-4-6-14(7-5-13)25-16(18,19)20/h1-9H,10H2,(H,22,23)/b21-9-. The molecule has 0 radical (unpaired) electrons. The topological polar surface area (TPSA) is 59.9 Å². The Bertz CT molecular complexity index is 746. The molecule has 0 saturated carbocycles. The van der Waals surface area contributed by atoms with Crippen molar-refractivity contribution in [2.45, 2.75) is 6.36 Å². The van der Waals surface area contributed by atoms with Gasteiger partial charge < -0.3 is 14.9 Å². The van der Waals surface area contributed by atoms with Crippen LogP contribution in [-0.2, 0) is 9.63 Å². The first-order valence-corrected chi connectivity index (χ1v) is 6.88. The van der Waals surface area contributed by atoms with Crippen LogP contribution in [0.3, 0.4) is 0 Å². The zero-order valence-electron chi connectivity index (χ0n) is 12.6. The van der Waals surface area contributed by atoms with Crippen molar-refractivity contribution in [3.8, 4) is 5.75 Å². The lowest BCUT2D eigenvalue weighted by Gasteiger charge is -2.09. The van der Waals surface area contributed by atoms with E-state index in [9.17, 15) is 22.4 Å². The van der Waals surface area contributed by atoms with Gasteiger partial charge in [0.25, 0.3) is 5.91 Å². The smallest absolute Gasteiger partial charge is 0.406 e. The predicted octanol–water partition coefficient (Wildman–Crippen LogP) is 3.71. The SMILES string of the molecule is O=C(CO/N=C\c1cccc(F)c1)Nc1ccc(OC(F)(F)F)cc1. The number of carbonyl (C=O) groups excluding carboxylic acids is 1. The van der Waals surface area contributed by atoms with Crippen molar-refractivity contribution in [2.24, 2.45) is 5.16 Å². The summed E-state index contributed by atoms with van der Waals surface area (Å²) in [6.45, 7) is -0.424. The molecule has 0 aliphatic heterocycles. The number of nitrogens with zero attached hydrogens (tertiary/aromatic N) is 1. The molecule has 5 nitrogen and oxygen atoms in total. The molecule has 2 aromatic carbocycles. The van der Waals surface area contributed by atoms with Crippen molar-refractivity contribution in [3.63, 3.8) is 0 Å². The monoisotopic (exact) mass is 356 g/mol. The minimum Gasteiger partial charge on any atom is -0.406 e. The first-order chi connectivity index (χ1) is 11.8. The summed E-state index contributed by atoms with van der Waals surface area (Å²) >= 11 is 0. The Balaban J connectivity index is 1.78. The molecule has 0 atom stereocenters. The van der Waals surface area contributed by atoms with Crippen molar-refractivity contribution in [3.05, 3.63) is 59.9 Å². The van der Waals surface area contributed by atoms with Gasteiger partial charge in [-0.2, -0.15) is 0 Å². The summed E-state index contributed by atoms with van der Waals surface area (Å²) in [5, 5.41) is 5.93. The third kappa shape index (κ3) is 6.90. The zero-order chi connectivity index (χ0) is 18.3. The normalized spacial score (nSPS) is 11.4. The summed E-state index contributed by atoms with van der Waals surface area (Å²) in [6, 6.07) is 10.2. The van der Waals surface area contributed by atoms with Crippen LogP contribution >= 0.6 is 0 Å². The highest BCUT2D eigenvalue weighted by Crippen LogP contribution is 2.23. The van der Waals surface area contributed by atoms with Crippen LogP contribution in [0.25, 0.3) is 0 Å². The number of ether oxygens (including phenoxy) is 1. The number of halogens is 4. The lowest BCUT2D eigenvalue weighted by molar-refractivity contribution is -0.274. The van der Waals surface area contributed by atoms with Crippen LogP contribution in [0.1, 0.15) is 5.56 Å². The highest BCUT2D eigenvalue weighted by molar-refractivity contribution is 5.91. The number of anilines is 1. The number of alkyl halides is 3. The van der Waals surface area contributed by atoms with Crippen LogP contribution in [-0.4, -0.2) is 25.1 Å². The third-order valence-electron chi connectivity index (χ3n) is 2.69. The van der Waals surface area contributed by atoms with E-state index in [-0.39, 0.29) is 5.69 Å². The van der Waals surface area contributed by atoms with Crippen molar-refractivity contribution in [1.82, 2.24) is 0 Å². The number of benzene rings is 2. The van der Waals surface area contributed by atoms with Gasteiger partial charge in [-0.3, -0.25) is 4.79 Å². The van der Waals surface area contributed by atoms with Gasteiger partial charge in [0.05, 0.1) is 6.21 Å². The number of hydrogen-bond donors (Lipinski definition) is 1. The summed E-state index contributed by atoms with van der Waals surface area (Å²) in [5.74, 6) is -1.40. The molecule has 0 aliphatic rings. The van der Waals surface area contributed by atoms with Crippen LogP contribution in [0, 0.1) is 5.82 Å². The van der Waals surface area contributed by atoms with Crippen molar-refractivity contribution in [2.75, 3.05) is 11.9 Å². The second-order valence-electron chi connectivity index (χ2n) is 4.68. The summed E-state index contributed by atoms with van der Waals surface area (Å²) in [5.41, 5.74) is 0.720. The quantitative estimate of drug-likeness (QED) is 0.488. The van der Waals surface area contributed by atoms with E-state index in [0.29, 0.717) is 5.56 Å². The maximum Gasteiger partial charge on any atom is 0.573 e. The van der Waals surface area contributed by atoms with E-state index in [1.807, 2.05) is 0 Å². The van der Waals surface area contributed by atoms with Crippen LogP contribution in [0.5, 0.6) is 5.75 Å². The molecule has 1 amide bonds. The van der Waals surface area contributed by atoms with E-state index in [1.54, 1.807) is 6.07 Å². The number of rotatable bonds is 6. The largest absolute Gasteiger partial charge is 0.573 e. The molecular formula is C16H12F4N2O3. The Morgan fingerprint density at radius 3 is 2.52 bits per heavy atom. The molecule has 0 bridgehead atoms. The molecule has 0 aliphatic carbocycles. The van der Waals surface area contributed by atoms with Crippen LogP contribution < -0.4 is 10.1 Å². The molecule has 2 aromatic rings. The number of oxime groups is 1. The Kier molecular flexibility index (Phi) is 5.93. The predicted molar refractivity (Wildman–Crippen MR) is 81.7 cm³/mol. The number of amides is 1. The maximum absolute atomic E-state index is 12.9. The van der Waals surface area contributed by atoms with Crippen LogP contribution in [0.4, 0.5) is 23.2 Å². The Morgan fingerprint density at radius 2 is 1.88 bits per heavy atom. The lowest BCUT2D eigenvalue weighted by atomic mass is 10.2. The average Bonchev–Trinajstić information content (AvgIpc) is 2.52. The fourth-order valence-electron chi connectivity index (χ4n) is 1.72. The van der Waals surface area contributed by atoms with Crippen LogP contribution in [0.2, 0.25) is 0 Å². The van der Waals surface area contributed by atoms with E-state index in [0.717, 1.165) is 12.1 Å². The minimum absolute atomic E-state index is 0.261. The number of hydrogen-bond acceptors (Lipinski definition) is 4. The fraction of sp³-hybridized carbons (Fsp3) is 0.125. The Hall–Kier alpha value is -3.10. The summed E-state index contributed by atoms with van der Waals surface area (Å²) < 4.78 is 52.7. The number of carbonyl (C=O) groups is 1. The van der Waals surface area contributed by atoms with Gasteiger partial charge in [-0.25, -0.2) is 4.39 Å². The van der Waals surface area contributed by atoms with E-state index in [1.165, 1.54) is 36.5 Å². The highest BCUT2D eigenvalue weighted by Gasteiger charge is 2.30. The van der Waals surface area contributed by atoms with E-state index < -0.39 is 30.4 Å². The van der Waals surface area contributed by atoms with Gasteiger partial charge in [0, 0.05) is 5.69 Å². The lowest BCUT2D eigenvalue weighted by Crippen LogP contribution is -2.18. The van der Waals surface area contributed by atoms with Crippen LogP contribution in [0.15, 0.2) is 53.7 Å². The van der Waals surface area contributed by atoms with E-state index in [4.69, 9.17) is 4.84 Å². The molecule has 0 spiro atoms. The summed E-state index contributed by atoms with van der Waals surface area (Å²) in [6.07, 6.45) is -3.54. The van der Waals surface area contributed by atoms with E-state index >= 15 is 0 Å². The molecule has 25 heavy (non-hydrogen) atoms. The number of nitrogens with one attached hydrogen (secondary N) is 1. The van der Waals surface area contributed by atoms with Crippen molar-refractivity contribution >= 4 is 17.8 Å². The maximum atomic E-state index is 12.9. The van der Waals surface area contributed by atoms with Gasteiger partial charge in [-0.1, -0.05) is 17.3 Å². The Morgan fingerprint density at radius 1 is 1.16 bits per heavy atom. The average molecular weight is 356 g/mol. The van der Waals surface area contributed by atoms with Gasteiger partial charge in [-0.05, 0) is 42.0 Å². The second kappa shape index (κ2) is 8.13. The molecule has 1 N–H and O–H groups in total. The molecule has 0 saturated heterocycles. The zero-order valence-corrected chi connectivity index (χ0v) is 12.6. The van der Waals surface area contributed by atoms with Gasteiger partial charge in [0.15, 0.2) is 6.61 Å². The molecule has 0 heterocycles. The Labute approximate surface area is 139 Å². The highest BCUT2D eigenvalue weighted by atomic mass is 19.4. The molecular weight excluding hydrogens is 344 g/mol. The molecule has 0 fully saturated rings. The van der Waals surface area contributed by atoms with Gasteiger partial charge >= 0.3 is 6.36 Å². The van der Waals surface area contributed by atoms with Gasteiger partial charge in [0.1, 0.15) is 11.6 Å². The van der Waals surface area contributed by atoms with Crippen molar-refractivity contribution in [1.29, 1.82) is 0 Å². The molecule has 0 aromatic heterocycles. The first-order valence-electron chi connectivity index (χ1n) is 6.88. The summed E-state index contributed by atoms with van der Waals surface area (Å²) in [4.78, 5) is 16.4. The first kappa shape index (κ1) is 18.2. The molecule has 132 valence electrons. The molecule has 0 unspecified atom stereocenters. The molecule has 2 rings (SSSR count). The minimum atomic E-state index is -4.78. The van der Waals surface area contributed by atoms with E-state index in [2.05, 4.69) is 15.2 Å². The third-order valence-corrected chi connectivity index (χ3v) is 2.69. The van der Waals surface area contributed by atoms with Crippen molar-refractivity contribution < 1.29 is 31.9 Å². The summed E-state index contributed by atoms with van der Waals surface area (Å²) in [7, 11) is 0. The molecule has 9 heteroatoms. The second-order valence-corrected chi connectivity index (χ2v) is 4.68.